The number of ether oxygens (including phenoxy) is 2. The fraction of sp³-hybridized carbons (Fsp3) is 0.200. The van der Waals surface area contributed by atoms with Gasteiger partial charge < -0.3 is 23.8 Å². The molecule has 27 heavy (non-hydrogen) atoms. The molecule has 3 rings (SSSR count). The first-order valence-corrected chi connectivity index (χ1v) is 8.46. The second kappa shape index (κ2) is 8.27. The van der Waals surface area contributed by atoms with Crippen molar-refractivity contribution in [3.05, 3.63) is 60.5 Å². The van der Waals surface area contributed by atoms with Crippen LogP contribution in [0.25, 0.3) is 11.5 Å². The Balaban J connectivity index is 1.80. The van der Waals surface area contributed by atoms with Crippen LogP contribution in [0, 0.1) is 0 Å². The predicted octanol–water partition coefficient (Wildman–Crippen LogP) is 3.57. The number of benzene rings is 1. The average molecular weight is 368 g/mol. The summed E-state index contributed by atoms with van der Waals surface area (Å²) >= 11 is 0. The number of furan rings is 1. The van der Waals surface area contributed by atoms with E-state index in [1.54, 1.807) is 53.1 Å². The summed E-state index contributed by atoms with van der Waals surface area (Å²) in [6.45, 7) is 2.41. The van der Waals surface area contributed by atoms with Crippen molar-refractivity contribution >= 4 is 17.6 Å². The van der Waals surface area contributed by atoms with Crippen molar-refractivity contribution in [1.82, 2.24) is 4.57 Å². The van der Waals surface area contributed by atoms with E-state index in [9.17, 15) is 9.59 Å². The zero-order valence-corrected chi connectivity index (χ0v) is 15.1. The zero-order valence-electron chi connectivity index (χ0n) is 15.1. The Morgan fingerprint density at radius 3 is 2.52 bits per heavy atom. The lowest BCUT2D eigenvalue weighted by Crippen LogP contribution is -2.22. The van der Waals surface area contributed by atoms with Gasteiger partial charge in [0.05, 0.1) is 25.7 Å². The molecule has 7 heteroatoms. The summed E-state index contributed by atoms with van der Waals surface area (Å²) in [6.07, 6.45) is 1.53. The minimum Gasteiger partial charge on any atom is -0.494 e. The van der Waals surface area contributed by atoms with Gasteiger partial charge in [0.25, 0.3) is 0 Å². The van der Waals surface area contributed by atoms with Crippen molar-refractivity contribution < 1.29 is 23.5 Å². The number of carbonyl (C=O) groups is 2. The minimum atomic E-state index is -0.526. The molecule has 0 aliphatic heterocycles. The van der Waals surface area contributed by atoms with Gasteiger partial charge in [-0.25, -0.2) is 4.79 Å². The van der Waals surface area contributed by atoms with Gasteiger partial charge >= 0.3 is 5.97 Å². The fourth-order valence-corrected chi connectivity index (χ4v) is 2.71. The van der Waals surface area contributed by atoms with E-state index < -0.39 is 5.97 Å². The number of hydrogen-bond acceptors (Lipinski definition) is 5. The second-order valence-corrected chi connectivity index (χ2v) is 5.66. The molecule has 0 atom stereocenters. The van der Waals surface area contributed by atoms with Crippen molar-refractivity contribution in [2.45, 2.75) is 13.5 Å². The molecule has 0 aliphatic rings. The lowest BCUT2D eigenvalue weighted by molar-refractivity contribution is -0.116. The van der Waals surface area contributed by atoms with Crippen LogP contribution < -0.4 is 10.1 Å². The topological polar surface area (TPSA) is 82.7 Å². The molecule has 3 aromatic rings. The first-order chi connectivity index (χ1) is 13.1. The van der Waals surface area contributed by atoms with Crippen LogP contribution in [0.3, 0.4) is 0 Å². The standard InChI is InChI=1S/C20H20N2O5/c1-3-26-15-8-6-14(7-9-15)21-19(23)13-22-16(18-5-4-12-27-18)10-11-17(22)20(24)25-2/h4-12H,3,13H2,1-2H3,(H,21,23). The highest BCUT2D eigenvalue weighted by Crippen LogP contribution is 2.24. The molecule has 0 unspecified atom stereocenters. The van der Waals surface area contributed by atoms with Gasteiger partial charge in [-0.15, -0.1) is 0 Å². The molecule has 0 spiro atoms. The largest absolute Gasteiger partial charge is 0.494 e. The molecule has 0 saturated heterocycles. The highest BCUT2D eigenvalue weighted by Gasteiger charge is 2.20. The molecule has 2 heterocycles. The Morgan fingerprint density at radius 1 is 1.11 bits per heavy atom. The Morgan fingerprint density at radius 2 is 1.89 bits per heavy atom. The molecule has 0 saturated carbocycles. The molecule has 2 aromatic heterocycles. The quantitative estimate of drug-likeness (QED) is 0.645. The Bertz CT molecular complexity index is 911. The van der Waals surface area contributed by atoms with E-state index >= 15 is 0 Å². The molecule has 1 amide bonds. The predicted molar refractivity (Wildman–Crippen MR) is 99.7 cm³/mol. The minimum absolute atomic E-state index is 0.0688. The van der Waals surface area contributed by atoms with E-state index in [0.717, 1.165) is 5.75 Å². The summed E-state index contributed by atoms with van der Waals surface area (Å²) in [7, 11) is 1.30. The van der Waals surface area contributed by atoms with Gasteiger partial charge in [0, 0.05) is 5.69 Å². The first kappa shape index (κ1) is 18.3. The van der Waals surface area contributed by atoms with E-state index in [1.165, 1.54) is 13.4 Å². The van der Waals surface area contributed by atoms with Crippen LogP contribution in [0.1, 0.15) is 17.4 Å². The lowest BCUT2D eigenvalue weighted by atomic mass is 10.3. The Hall–Kier alpha value is -3.48. The molecule has 1 aromatic carbocycles. The monoisotopic (exact) mass is 368 g/mol. The number of nitrogens with one attached hydrogen (secondary N) is 1. The van der Waals surface area contributed by atoms with Crippen molar-refractivity contribution in [2.75, 3.05) is 19.0 Å². The number of anilines is 1. The van der Waals surface area contributed by atoms with E-state index in [4.69, 9.17) is 13.9 Å². The molecule has 140 valence electrons. The maximum absolute atomic E-state index is 12.5. The normalized spacial score (nSPS) is 10.4. The van der Waals surface area contributed by atoms with Crippen LogP contribution in [0.4, 0.5) is 5.69 Å². The summed E-state index contributed by atoms with van der Waals surface area (Å²) < 4.78 is 17.2. The van der Waals surface area contributed by atoms with E-state index in [-0.39, 0.29) is 18.1 Å². The molecular weight excluding hydrogens is 348 g/mol. The third-order valence-electron chi connectivity index (χ3n) is 3.90. The highest BCUT2D eigenvalue weighted by atomic mass is 16.5. The number of amides is 1. The maximum atomic E-state index is 12.5. The van der Waals surface area contributed by atoms with Crippen LogP contribution >= 0.6 is 0 Å². The van der Waals surface area contributed by atoms with Crippen molar-refractivity contribution in [1.29, 1.82) is 0 Å². The molecule has 7 nitrogen and oxygen atoms in total. The highest BCUT2D eigenvalue weighted by molar-refractivity contribution is 5.93. The summed E-state index contributed by atoms with van der Waals surface area (Å²) in [5.74, 6) is 0.475. The Labute approximate surface area is 156 Å². The SMILES string of the molecule is CCOc1ccc(NC(=O)Cn2c(C(=O)OC)ccc2-c2ccco2)cc1. The van der Waals surface area contributed by atoms with Gasteiger partial charge in [0.2, 0.25) is 5.91 Å². The van der Waals surface area contributed by atoms with Crippen molar-refractivity contribution in [3.8, 4) is 17.2 Å². The molecule has 1 N–H and O–H groups in total. The average Bonchev–Trinajstić information content (AvgIpc) is 3.32. The summed E-state index contributed by atoms with van der Waals surface area (Å²) in [5.41, 5.74) is 1.52. The van der Waals surface area contributed by atoms with Gasteiger partial charge in [-0.3, -0.25) is 4.79 Å². The van der Waals surface area contributed by atoms with Crippen molar-refractivity contribution in [2.24, 2.45) is 0 Å². The van der Waals surface area contributed by atoms with Crippen LogP contribution in [0.2, 0.25) is 0 Å². The lowest BCUT2D eigenvalue weighted by Gasteiger charge is -2.12. The number of nitrogens with zero attached hydrogens (tertiary/aromatic N) is 1. The number of hydrogen-bond donors (Lipinski definition) is 1. The van der Waals surface area contributed by atoms with Crippen LogP contribution in [0.15, 0.2) is 59.2 Å². The van der Waals surface area contributed by atoms with E-state index in [2.05, 4.69) is 5.32 Å². The third-order valence-corrected chi connectivity index (χ3v) is 3.90. The number of aromatic nitrogens is 1. The fourth-order valence-electron chi connectivity index (χ4n) is 2.71. The third kappa shape index (κ3) is 4.20. The van der Waals surface area contributed by atoms with Gasteiger partial charge in [-0.1, -0.05) is 0 Å². The number of esters is 1. The maximum Gasteiger partial charge on any atom is 0.354 e. The van der Waals surface area contributed by atoms with E-state index in [1.807, 2.05) is 6.92 Å². The molecule has 0 fully saturated rings. The molecular formula is C20H20N2O5. The van der Waals surface area contributed by atoms with Crippen LogP contribution in [0.5, 0.6) is 5.75 Å². The van der Waals surface area contributed by atoms with Gasteiger partial charge in [0.1, 0.15) is 23.7 Å². The molecule has 0 bridgehead atoms. The summed E-state index contributed by atoms with van der Waals surface area (Å²) in [5, 5.41) is 2.81. The zero-order chi connectivity index (χ0) is 19.2. The number of methoxy groups -OCH3 is 1. The number of carbonyl (C=O) groups excluding carboxylic acids is 2. The first-order valence-electron chi connectivity index (χ1n) is 8.46. The summed E-state index contributed by atoms with van der Waals surface area (Å²) in [4.78, 5) is 24.6. The van der Waals surface area contributed by atoms with E-state index in [0.29, 0.717) is 23.7 Å². The van der Waals surface area contributed by atoms with Crippen LogP contribution in [-0.2, 0) is 16.1 Å². The van der Waals surface area contributed by atoms with Gasteiger partial charge in [-0.05, 0) is 55.5 Å². The molecule has 0 radical (unpaired) electrons. The van der Waals surface area contributed by atoms with Crippen molar-refractivity contribution in [3.63, 3.8) is 0 Å². The van der Waals surface area contributed by atoms with Gasteiger partial charge in [0.15, 0.2) is 0 Å². The number of rotatable bonds is 7. The Kier molecular flexibility index (Phi) is 5.61. The molecule has 0 aliphatic carbocycles. The summed E-state index contributed by atoms with van der Waals surface area (Å²) in [6, 6.07) is 13.9. The second-order valence-electron chi connectivity index (χ2n) is 5.66. The smallest absolute Gasteiger partial charge is 0.354 e. The van der Waals surface area contributed by atoms with Crippen LogP contribution in [-0.4, -0.2) is 30.2 Å². The van der Waals surface area contributed by atoms with Gasteiger partial charge in [-0.2, -0.15) is 0 Å².